The zero-order valence-electron chi connectivity index (χ0n) is 12.5. The summed E-state index contributed by atoms with van der Waals surface area (Å²) in [7, 11) is 1.43. The van der Waals surface area contributed by atoms with Gasteiger partial charge in [0.05, 0.1) is 7.11 Å². The number of rotatable bonds is 3. The molecule has 19 heavy (non-hydrogen) atoms. The van der Waals surface area contributed by atoms with Gasteiger partial charge in [0.1, 0.15) is 0 Å². The molecule has 1 aliphatic heterocycles. The predicted octanol–water partition coefficient (Wildman–Crippen LogP) is 2.49. The van der Waals surface area contributed by atoms with Crippen LogP contribution in [0.5, 0.6) is 0 Å². The van der Waals surface area contributed by atoms with Crippen LogP contribution >= 0.6 is 0 Å². The summed E-state index contributed by atoms with van der Waals surface area (Å²) in [4.78, 5) is 13.9. The highest BCUT2D eigenvalue weighted by Crippen LogP contribution is 2.33. The van der Waals surface area contributed by atoms with Crippen LogP contribution < -0.4 is 5.32 Å². The van der Waals surface area contributed by atoms with Crippen molar-refractivity contribution in [3.63, 3.8) is 0 Å². The van der Waals surface area contributed by atoms with Gasteiger partial charge in [-0.2, -0.15) is 0 Å². The Balaban J connectivity index is 1.76. The molecule has 1 aliphatic carbocycles. The molecule has 2 fully saturated rings. The number of methoxy groups -OCH3 is 1. The number of alkyl carbamates (subject to hydrolysis) is 1. The summed E-state index contributed by atoms with van der Waals surface area (Å²) in [5.41, 5.74) is 0. The molecule has 0 bridgehead atoms. The third-order valence-electron chi connectivity index (χ3n) is 4.92. The summed E-state index contributed by atoms with van der Waals surface area (Å²) >= 11 is 0. The highest BCUT2D eigenvalue weighted by molar-refractivity contribution is 5.67. The maximum absolute atomic E-state index is 11.3. The van der Waals surface area contributed by atoms with Gasteiger partial charge < -0.3 is 15.0 Å². The minimum absolute atomic E-state index is 0.287. The lowest BCUT2D eigenvalue weighted by molar-refractivity contribution is 0.154. The fraction of sp³-hybridized carbons (Fsp3) is 0.933. The number of amides is 1. The first-order valence-electron chi connectivity index (χ1n) is 7.65. The number of ether oxygens (including phenoxy) is 1. The average molecular weight is 268 g/mol. The lowest BCUT2D eigenvalue weighted by Crippen LogP contribution is -2.37. The number of hydrogen-bond acceptors (Lipinski definition) is 3. The molecule has 0 aromatic rings. The second-order valence-corrected chi connectivity index (χ2v) is 6.52. The zero-order valence-corrected chi connectivity index (χ0v) is 12.5. The van der Waals surface area contributed by atoms with Crippen molar-refractivity contribution in [3.05, 3.63) is 0 Å². The molecule has 1 N–H and O–H groups in total. The molecule has 1 saturated heterocycles. The lowest BCUT2D eigenvalue weighted by atomic mass is 9.94. The number of carbonyl (C=O) groups excluding carboxylic acids is 1. The van der Waals surface area contributed by atoms with E-state index < -0.39 is 0 Å². The number of likely N-dealkylation sites (tertiary alicyclic amines) is 1. The van der Waals surface area contributed by atoms with E-state index in [1.165, 1.54) is 39.6 Å². The molecular weight excluding hydrogens is 240 g/mol. The van der Waals surface area contributed by atoms with Gasteiger partial charge >= 0.3 is 6.09 Å². The molecule has 0 radical (unpaired) electrons. The van der Waals surface area contributed by atoms with E-state index in [1.807, 2.05) is 0 Å². The van der Waals surface area contributed by atoms with Crippen molar-refractivity contribution in [2.24, 2.45) is 17.8 Å². The number of nitrogens with zero attached hydrogens (tertiary/aromatic N) is 1. The molecule has 110 valence electrons. The molecule has 1 heterocycles. The maximum atomic E-state index is 11.3. The SMILES string of the molecule is COC(=O)N[C@@H]1C[C@H](CN2CCC(C)CC2)[C@@H](C)C1. The molecule has 3 atom stereocenters. The van der Waals surface area contributed by atoms with E-state index in [2.05, 4.69) is 28.8 Å². The van der Waals surface area contributed by atoms with Crippen LogP contribution in [0.15, 0.2) is 0 Å². The van der Waals surface area contributed by atoms with Gasteiger partial charge in [0, 0.05) is 12.6 Å². The summed E-state index contributed by atoms with van der Waals surface area (Å²) in [5.74, 6) is 2.31. The van der Waals surface area contributed by atoms with Crippen molar-refractivity contribution in [2.75, 3.05) is 26.7 Å². The summed E-state index contributed by atoms with van der Waals surface area (Å²) in [6.45, 7) is 8.37. The summed E-state index contributed by atoms with van der Waals surface area (Å²) in [5, 5.41) is 2.95. The van der Waals surface area contributed by atoms with Gasteiger partial charge in [-0.1, -0.05) is 13.8 Å². The first-order valence-corrected chi connectivity index (χ1v) is 7.65. The normalized spacial score (nSPS) is 33.3. The fourth-order valence-corrected chi connectivity index (χ4v) is 3.51. The molecule has 0 spiro atoms. The molecular formula is C15H28N2O2. The Hall–Kier alpha value is -0.770. The van der Waals surface area contributed by atoms with Gasteiger partial charge in [0.2, 0.25) is 0 Å². The van der Waals surface area contributed by atoms with Crippen LogP contribution in [-0.2, 0) is 4.74 Å². The molecule has 2 rings (SSSR count). The first kappa shape index (κ1) is 14.6. The summed E-state index contributed by atoms with van der Waals surface area (Å²) < 4.78 is 4.68. The van der Waals surface area contributed by atoms with Crippen LogP contribution in [0, 0.1) is 17.8 Å². The van der Waals surface area contributed by atoms with E-state index in [0.29, 0.717) is 12.0 Å². The van der Waals surface area contributed by atoms with E-state index in [4.69, 9.17) is 0 Å². The first-order chi connectivity index (χ1) is 9.08. The standard InChI is InChI=1S/C15H28N2O2/c1-11-4-6-17(7-5-11)10-13-9-14(8-12(13)2)16-15(18)19-3/h11-14H,4-10H2,1-3H3,(H,16,18)/t12-,13+,14-/m0/s1. The van der Waals surface area contributed by atoms with Gasteiger partial charge in [0.25, 0.3) is 0 Å². The van der Waals surface area contributed by atoms with Crippen molar-refractivity contribution in [1.29, 1.82) is 0 Å². The molecule has 4 heteroatoms. The smallest absolute Gasteiger partial charge is 0.407 e. The van der Waals surface area contributed by atoms with Crippen LogP contribution in [0.25, 0.3) is 0 Å². The largest absolute Gasteiger partial charge is 0.453 e. The average Bonchev–Trinajstić information content (AvgIpc) is 2.72. The monoisotopic (exact) mass is 268 g/mol. The Bertz CT molecular complexity index is 301. The Kier molecular flexibility index (Phi) is 5.08. The summed E-state index contributed by atoms with van der Waals surface area (Å²) in [6.07, 6.45) is 4.58. The quantitative estimate of drug-likeness (QED) is 0.855. The second-order valence-electron chi connectivity index (χ2n) is 6.52. The predicted molar refractivity (Wildman–Crippen MR) is 76.1 cm³/mol. The van der Waals surface area contributed by atoms with Crippen LogP contribution in [0.4, 0.5) is 4.79 Å². The highest BCUT2D eigenvalue weighted by atomic mass is 16.5. The van der Waals surface area contributed by atoms with Crippen molar-refractivity contribution >= 4 is 6.09 Å². The third-order valence-corrected chi connectivity index (χ3v) is 4.92. The Morgan fingerprint density at radius 2 is 1.95 bits per heavy atom. The maximum Gasteiger partial charge on any atom is 0.407 e. The van der Waals surface area contributed by atoms with Crippen LogP contribution in [0.1, 0.15) is 39.5 Å². The molecule has 2 aliphatic rings. The molecule has 1 amide bonds. The zero-order chi connectivity index (χ0) is 13.8. The second kappa shape index (κ2) is 6.60. The molecule has 0 aromatic heterocycles. The van der Waals surface area contributed by atoms with Gasteiger partial charge in [-0.25, -0.2) is 4.79 Å². The van der Waals surface area contributed by atoms with Gasteiger partial charge in [-0.05, 0) is 56.5 Å². The third kappa shape index (κ3) is 4.10. The minimum atomic E-state index is -0.287. The van der Waals surface area contributed by atoms with Crippen molar-refractivity contribution in [2.45, 2.75) is 45.6 Å². The number of hydrogen-bond donors (Lipinski definition) is 1. The molecule has 1 saturated carbocycles. The number of nitrogens with one attached hydrogen (secondary N) is 1. The molecule has 4 nitrogen and oxygen atoms in total. The number of carbonyl (C=O) groups is 1. The summed E-state index contributed by atoms with van der Waals surface area (Å²) in [6, 6.07) is 0.302. The van der Waals surface area contributed by atoms with E-state index >= 15 is 0 Å². The van der Waals surface area contributed by atoms with Gasteiger partial charge in [0.15, 0.2) is 0 Å². The molecule has 0 unspecified atom stereocenters. The van der Waals surface area contributed by atoms with Crippen molar-refractivity contribution < 1.29 is 9.53 Å². The van der Waals surface area contributed by atoms with E-state index in [9.17, 15) is 4.79 Å². The van der Waals surface area contributed by atoms with Gasteiger partial charge in [-0.3, -0.25) is 0 Å². The van der Waals surface area contributed by atoms with Crippen LogP contribution in [-0.4, -0.2) is 43.8 Å². The Morgan fingerprint density at radius 3 is 2.58 bits per heavy atom. The van der Waals surface area contributed by atoms with Crippen molar-refractivity contribution in [1.82, 2.24) is 10.2 Å². The Labute approximate surface area is 116 Å². The fourth-order valence-electron chi connectivity index (χ4n) is 3.51. The molecule has 0 aromatic carbocycles. The van der Waals surface area contributed by atoms with Crippen LogP contribution in [0.2, 0.25) is 0 Å². The van der Waals surface area contributed by atoms with Gasteiger partial charge in [-0.15, -0.1) is 0 Å². The van der Waals surface area contributed by atoms with E-state index in [1.54, 1.807) is 0 Å². The highest BCUT2D eigenvalue weighted by Gasteiger charge is 2.33. The van der Waals surface area contributed by atoms with Crippen molar-refractivity contribution in [3.8, 4) is 0 Å². The lowest BCUT2D eigenvalue weighted by Gasteiger charge is -2.33. The topological polar surface area (TPSA) is 41.6 Å². The Morgan fingerprint density at radius 1 is 1.26 bits per heavy atom. The number of piperidine rings is 1. The van der Waals surface area contributed by atoms with E-state index in [-0.39, 0.29) is 6.09 Å². The minimum Gasteiger partial charge on any atom is -0.453 e. The van der Waals surface area contributed by atoms with E-state index in [0.717, 1.165) is 24.7 Å². The van der Waals surface area contributed by atoms with Crippen LogP contribution in [0.3, 0.4) is 0 Å².